The van der Waals surface area contributed by atoms with Gasteiger partial charge in [0.25, 0.3) is 0 Å². The zero-order chi connectivity index (χ0) is 10.8. The Balaban J connectivity index is 3.12. The lowest BCUT2D eigenvalue weighted by Crippen LogP contribution is -2.31. The molecule has 0 amide bonds. The van der Waals surface area contributed by atoms with E-state index in [0.29, 0.717) is 12.0 Å². The molecule has 0 bridgehead atoms. The minimum atomic E-state index is -0.915. The third-order valence-corrected chi connectivity index (χ3v) is 2.82. The standard InChI is InChI=1S/C12H17FO/c1-4-12(14,9(2)3)10-6-5-7-11(13)8-10/h5-9,14H,4H2,1-3H3. The Morgan fingerprint density at radius 1 is 1.43 bits per heavy atom. The minimum absolute atomic E-state index is 0.0781. The number of rotatable bonds is 3. The van der Waals surface area contributed by atoms with Gasteiger partial charge in [-0.2, -0.15) is 0 Å². The maximum absolute atomic E-state index is 13.0. The van der Waals surface area contributed by atoms with Crippen molar-refractivity contribution in [1.82, 2.24) is 0 Å². The van der Waals surface area contributed by atoms with Crippen LogP contribution in [0.4, 0.5) is 4.39 Å². The summed E-state index contributed by atoms with van der Waals surface area (Å²) in [7, 11) is 0. The molecule has 78 valence electrons. The maximum atomic E-state index is 13.0. The van der Waals surface area contributed by atoms with E-state index in [0.717, 1.165) is 0 Å². The second-order valence-electron chi connectivity index (χ2n) is 3.94. The Kier molecular flexibility index (Phi) is 3.27. The van der Waals surface area contributed by atoms with Crippen LogP contribution in [0.3, 0.4) is 0 Å². The summed E-state index contributed by atoms with van der Waals surface area (Å²) in [6.07, 6.45) is 0.591. The number of halogens is 1. The van der Waals surface area contributed by atoms with Crippen LogP contribution in [-0.2, 0) is 5.60 Å². The van der Waals surface area contributed by atoms with E-state index in [4.69, 9.17) is 0 Å². The van der Waals surface area contributed by atoms with E-state index in [-0.39, 0.29) is 11.7 Å². The fraction of sp³-hybridized carbons (Fsp3) is 0.500. The quantitative estimate of drug-likeness (QED) is 0.787. The third-order valence-electron chi connectivity index (χ3n) is 2.82. The largest absolute Gasteiger partial charge is 0.385 e. The molecule has 0 saturated carbocycles. The van der Waals surface area contributed by atoms with Crippen LogP contribution in [0.25, 0.3) is 0 Å². The van der Waals surface area contributed by atoms with Crippen molar-refractivity contribution < 1.29 is 9.50 Å². The molecule has 0 fully saturated rings. The highest BCUT2D eigenvalue weighted by molar-refractivity contribution is 5.23. The van der Waals surface area contributed by atoms with Crippen molar-refractivity contribution in [3.05, 3.63) is 35.6 Å². The summed E-state index contributed by atoms with van der Waals surface area (Å²) >= 11 is 0. The van der Waals surface area contributed by atoms with Crippen LogP contribution in [0.2, 0.25) is 0 Å². The van der Waals surface area contributed by atoms with Crippen molar-refractivity contribution in [2.75, 3.05) is 0 Å². The maximum Gasteiger partial charge on any atom is 0.123 e. The fourth-order valence-corrected chi connectivity index (χ4v) is 1.70. The smallest absolute Gasteiger partial charge is 0.123 e. The van der Waals surface area contributed by atoms with Gasteiger partial charge in [0.1, 0.15) is 5.82 Å². The molecule has 1 rings (SSSR count). The first kappa shape index (κ1) is 11.2. The van der Waals surface area contributed by atoms with Gasteiger partial charge in [0, 0.05) is 0 Å². The lowest BCUT2D eigenvalue weighted by molar-refractivity contribution is -0.0142. The molecule has 0 heterocycles. The van der Waals surface area contributed by atoms with E-state index >= 15 is 0 Å². The molecule has 1 atom stereocenters. The van der Waals surface area contributed by atoms with E-state index in [1.54, 1.807) is 12.1 Å². The van der Waals surface area contributed by atoms with Crippen molar-refractivity contribution in [3.8, 4) is 0 Å². The SMILES string of the molecule is CCC(O)(c1cccc(F)c1)C(C)C. The van der Waals surface area contributed by atoms with Gasteiger partial charge in [0.15, 0.2) is 0 Å². The number of aliphatic hydroxyl groups is 1. The Morgan fingerprint density at radius 3 is 2.50 bits per heavy atom. The summed E-state index contributed by atoms with van der Waals surface area (Å²) < 4.78 is 13.0. The van der Waals surface area contributed by atoms with Gasteiger partial charge in [-0.15, -0.1) is 0 Å². The molecule has 14 heavy (non-hydrogen) atoms. The van der Waals surface area contributed by atoms with Crippen LogP contribution in [0.15, 0.2) is 24.3 Å². The summed E-state index contributed by atoms with van der Waals surface area (Å²) in [6, 6.07) is 6.20. The van der Waals surface area contributed by atoms with Crippen LogP contribution in [0, 0.1) is 11.7 Å². The normalized spacial score (nSPS) is 15.6. The average Bonchev–Trinajstić information content (AvgIpc) is 2.16. The molecule has 1 aromatic carbocycles. The summed E-state index contributed by atoms with van der Waals surface area (Å²) in [6.45, 7) is 5.79. The lowest BCUT2D eigenvalue weighted by Gasteiger charge is -2.31. The van der Waals surface area contributed by atoms with Crippen molar-refractivity contribution >= 4 is 0 Å². The highest BCUT2D eigenvalue weighted by Gasteiger charge is 2.30. The monoisotopic (exact) mass is 196 g/mol. The van der Waals surface area contributed by atoms with Crippen LogP contribution in [-0.4, -0.2) is 5.11 Å². The van der Waals surface area contributed by atoms with Crippen LogP contribution < -0.4 is 0 Å². The Hall–Kier alpha value is -0.890. The van der Waals surface area contributed by atoms with Crippen molar-refractivity contribution in [1.29, 1.82) is 0 Å². The highest BCUT2D eigenvalue weighted by atomic mass is 19.1. The first-order chi connectivity index (χ1) is 6.50. The summed E-state index contributed by atoms with van der Waals surface area (Å²) in [4.78, 5) is 0. The second-order valence-corrected chi connectivity index (χ2v) is 3.94. The topological polar surface area (TPSA) is 20.2 Å². The minimum Gasteiger partial charge on any atom is -0.385 e. The Bertz CT molecular complexity index is 309. The van der Waals surface area contributed by atoms with Gasteiger partial charge in [-0.25, -0.2) is 4.39 Å². The molecule has 0 spiro atoms. The zero-order valence-electron chi connectivity index (χ0n) is 8.92. The molecule has 0 aromatic heterocycles. The summed E-state index contributed by atoms with van der Waals surface area (Å²) in [5.74, 6) is -0.218. The summed E-state index contributed by atoms with van der Waals surface area (Å²) in [5.41, 5.74) is -0.253. The Labute approximate surface area is 84.6 Å². The average molecular weight is 196 g/mol. The van der Waals surface area contributed by atoms with Gasteiger partial charge in [0.2, 0.25) is 0 Å². The van der Waals surface area contributed by atoms with Crippen molar-refractivity contribution in [2.45, 2.75) is 32.8 Å². The molecule has 0 aliphatic carbocycles. The van der Waals surface area contributed by atoms with E-state index in [9.17, 15) is 9.50 Å². The molecule has 1 unspecified atom stereocenters. The van der Waals surface area contributed by atoms with Crippen molar-refractivity contribution in [2.24, 2.45) is 5.92 Å². The van der Waals surface area contributed by atoms with Gasteiger partial charge in [-0.05, 0) is 30.0 Å². The number of hydrogen-bond acceptors (Lipinski definition) is 1. The van der Waals surface area contributed by atoms with Crippen LogP contribution in [0.1, 0.15) is 32.8 Å². The second kappa shape index (κ2) is 4.09. The van der Waals surface area contributed by atoms with Crippen molar-refractivity contribution in [3.63, 3.8) is 0 Å². The van der Waals surface area contributed by atoms with E-state index in [1.807, 2.05) is 20.8 Å². The zero-order valence-corrected chi connectivity index (χ0v) is 8.92. The Morgan fingerprint density at radius 2 is 2.07 bits per heavy atom. The lowest BCUT2D eigenvalue weighted by atomic mass is 9.81. The molecule has 1 aromatic rings. The third kappa shape index (κ3) is 1.95. The van der Waals surface area contributed by atoms with E-state index in [2.05, 4.69) is 0 Å². The first-order valence-electron chi connectivity index (χ1n) is 4.99. The van der Waals surface area contributed by atoms with Gasteiger partial charge >= 0.3 is 0 Å². The predicted octanol–water partition coefficient (Wildman–Crippen LogP) is 3.08. The van der Waals surface area contributed by atoms with E-state index in [1.165, 1.54) is 12.1 Å². The molecular weight excluding hydrogens is 179 g/mol. The van der Waals surface area contributed by atoms with Gasteiger partial charge in [-0.3, -0.25) is 0 Å². The number of hydrogen-bond donors (Lipinski definition) is 1. The molecule has 0 aliphatic rings. The molecule has 0 radical (unpaired) electrons. The molecule has 1 N–H and O–H groups in total. The highest BCUT2D eigenvalue weighted by Crippen LogP contribution is 2.32. The molecule has 2 heteroatoms. The van der Waals surface area contributed by atoms with E-state index < -0.39 is 5.60 Å². The molecule has 1 nitrogen and oxygen atoms in total. The van der Waals surface area contributed by atoms with Crippen LogP contribution >= 0.6 is 0 Å². The first-order valence-corrected chi connectivity index (χ1v) is 4.99. The van der Waals surface area contributed by atoms with Gasteiger partial charge in [0.05, 0.1) is 5.60 Å². The van der Waals surface area contributed by atoms with Crippen LogP contribution in [0.5, 0.6) is 0 Å². The molecule has 0 saturated heterocycles. The van der Waals surface area contributed by atoms with Gasteiger partial charge in [-0.1, -0.05) is 32.9 Å². The molecule has 0 aliphatic heterocycles. The number of benzene rings is 1. The summed E-state index contributed by atoms with van der Waals surface area (Å²) in [5, 5.41) is 10.3. The molecular formula is C12H17FO. The fourth-order valence-electron chi connectivity index (χ4n) is 1.70. The van der Waals surface area contributed by atoms with Gasteiger partial charge < -0.3 is 5.11 Å². The predicted molar refractivity (Wildman–Crippen MR) is 55.4 cm³/mol.